The lowest BCUT2D eigenvalue weighted by Crippen LogP contribution is -2.13. The second kappa shape index (κ2) is 7.44. The van der Waals surface area contributed by atoms with Crippen LogP contribution in [0.1, 0.15) is 28.7 Å². The van der Waals surface area contributed by atoms with Gasteiger partial charge in [-0.15, -0.1) is 0 Å². The van der Waals surface area contributed by atoms with E-state index in [0.717, 1.165) is 33.0 Å². The van der Waals surface area contributed by atoms with Gasteiger partial charge in [-0.25, -0.2) is 4.98 Å². The van der Waals surface area contributed by atoms with Crippen molar-refractivity contribution >= 4 is 32.6 Å². The van der Waals surface area contributed by atoms with Crippen molar-refractivity contribution < 1.29 is 9.53 Å². The summed E-state index contributed by atoms with van der Waals surface area (Å²) < 4.78 is 8.53. The van der Waals surface area contributed by atoms with E-state index in [2.05, 4.69) is 15.3 Å². The Bertz CT molecular complexity index is 1150. The lowest BCUT2D eigenvalue weighted by atomic mass is 10.2. The van der Waals surface area contributed by atoms with Crippen LogP contribution in [0, 0.1) is 13.8 Å². The average molecular weight is 392 g/mol. The van der Waals surface area contributed by atoms with Crippen LogP contribution in [0.25, 0.3) is 15.9 Å². The monoisotopic (exact) mass is 392 g/mol. The molecule has 0 bridgehead atoms. The molecule has 0 fully saturated rings. The summed E-state index contributed by atoms with van der Waals surface area (Å²) in [4.78, 5) is 21.6. The van der Waals surface area contributed by atoms with Crippen molar-refractivity contribution in [1.82, 2.24) is 14.5 Å². The number of rotatable bonds is 5. The minimum atomic E-state index is -0.174. The molecule has 4 aromatic rings. The van der Waals surface area contributed by atoms with Crippen molar-refractivity contribution in [2.75, 3.05) is 11.9 Å². The van der Waals surface area contributed by atoms with Crippen LogP contribution in [0.3, 0.4) is 0 Å². The van der Waals surface area contributed by atoms with Crippen LogP contribution < -0.4 is 10.1 Å². The standard InChI is InChI=1S/C21H20N4O2S/c1-4-27-16-7-8-18-19(11-16)28-21(23-18)24-20(26)17-10-13(2)25(14(17)3)15-6-5-9-22-12-15/h5-12H,4H2,1-3H3,(H,23,24,26). The van der Waals surface area contributed by atoms with Gasteiger partial charge in [-0.05, 0) is 57.2 Å². The van der Waals surface area contributed by atoms with E-state index in [9.17, 15) is 4.79 Å². The molecule has 0 saturated carbocycles. The van der Waals surface area contributed by atoms with Gasteiger partial charge in [0.05, 0.1) is 34.3 Å². The Hall–Kier alpha value is -3.19. The molecule has 0 saturated heterocycles. The summed E-state index contributed by atoms with van der Waals surface area (Å²) >= 11 is 1.43. The molecule has 3 heterocycles. The number of carbonyl (C=O) groups excluding carboxylic acids is 1. The summed E-state index contributed by atoms with van der Waals surface area (Å²) in [5.74, 6) is 0.629. The topological polar surface area (TPSA) is 69.0 Å². The molecule has 3 aromatic heterocycles. The highest BCUT2D eigenvalue weighted by Gasteiger charge is 2.18. The predicted octanol–water partition coefficient (Wildman–Crippen LogP) is 4.75. The fourth-order valence-electron chi connectivity index (χ4n) is 3.26. The van der Waals surface area contributed by atoms with E-state index in [-0.39, 0.29) is 5.91 Å². The fourth-order valence-corrected chi connectivity index (χ4v) is 4.14. The van der Waals surface area contributed by atoms with Crippen molar-refractivity contribution in [2.45, 2.75) is 20.8 Å². The third kappa shape index (κ3) is 3.36. The number of fused-ring (bicyclic) bond motifs is 1. The van der Waals surface area contributed by atoms with Gasteiger partial charge in [0.1, 0.15) is 5.75 Å². The van der Waals surface area contributed by atoms with Gasteiger partial charge in [0.15, 0.2) is 5.13 Å². The van der Waals surface area contributed by atoms with Gasteiger partial charge in [-0.3, -0.25) is 15.1 Å². The van der Waals surface area contributed by atoms with Crippen molar-refractivity contribution in [3.8, 4) is 11.4 Å². The highest BCUT2D eigenvalue weighted by atomic mass is 32.1. The minimum absolute atomic E-state index is 0.174. The molecule has 0 radical (unpaired) electrons. The number of pyridine rings is 1. The number of anilines is 1. The summed E-state index contributed by atoms with van der Waals surface area (Å²) in [5.41, 5.74) is 4.23. The molecule has 28 heavy (non-hydrogen) atoms. The predicted molar refractivity (Wildman–Crippen MR) is 112 cm³/mol. The van der Waals surface area contributed by atoms with E-state index in [1.54, 1.807) is 12.4 Å². The molecule has 0 aliphatic carbocycles. The normalized spacial score (nSPS) is 11.0. The number of carbonyl (C=O) groups is 1. The Morgan fingerprint density at radius 3 is 2.86 bits per heavy atom. The number of amides is 1. The zero-order chi connectivity index (χ0) is 19.7. The maximum Gasteiger partial charge on any atom is 0.259 e. The van der Waals surface area contributed by atoms with Crippen molar-refractivity contribution in [3.63, 3.8) is 0 Å². The molecule has 0 atom stereocenters. The number of aromatic nitrogens is 3. The van der Waals surface area contributed by atoms with Gasteiger partial charge >= 0.3 is 0 Å². The molecule has 142 valence electrons. The lowest BCUT2D eigenvalue weighted by Gasteiger charge is -2.09. The number of nitrogens with zero attached hydrogens (tertiary/aromatic N) is 3. The third-order valence-electron chi connectivity index (χ3n) is 4.47. The van der Waals surface area contributed by atoms with Crippen molar-refractivity contribution in [3.05, 3.63) is 65.7 Å². The van der Waals surface area contributed by atoms with Crippen LogP contribution in [0.4, 0.5) is 5.13 Å². The van der Waals surface area contributed by atoms with Crippen molar-refractivity contribution in [2.24, 2.45) is 0 Å². The van der Waals surface area contributed by atoms with E-state index < -0.39 is 0 Å². The Kier molecular flexibility index (Phi) is 4.83. The summed E-state index contributed by atoms with van der Waals surface area (Å²) in [6.45, 7) is 6.47. The van der Waals surface area contributed by atoms with E-state index in [1.807, 2.05) is 61.7 Å². The maximum atomic E-state index is 12.9. The van der Waals surface area contributed by atoms with Gasteiger partial charge in [0, 0.05) is 17.6 Å². The zero-order valence-electron chi connectivity index (χ0n) is 15.9. The summed E-state index contributed by atoms with van der Waals surface area (Å²) in [5, 5.41) is 3.50. The molecule has 0 spiro atoms. The molecule has 0 unspecified atom stereocenters. The van der Waals surface area contributed by atoms with Crippen LogP contribution in [0.5, 0.6) is 5.75 Å². The highest BCUT2D eigenvalue weighted by molar-refractivity contribution is 7.22. The van der Waals surface area contributed by atoms with Crippen LogP contribution in [-0.4, -0.2) is 27.0 Å². The molecule has 1 aromatic carbocycles. The van der Waals surface area contributed by atoms with Crippen LogP contribution in [-0.2, 0) is 0 Å². The Balaban J connectivity index is 1.61. The van der Waals surface area contributed by atoms with Crippen LogP contribution in [0.15, 0.2) is 48.8 Å². The first-order valence-corrected chi connectivity index (χ1v) is 9.82. The maximum absolute atomic E-state index is 12.9. The number of hydrogen-bond acceptors (Lipinski definition) is 5. The fraction of sp³-hybridized carbons (Fsp3) is 0.190. The van der Waals surface area contributed by atoms with E-state index in [1.165, 1.54) is 11.3 Å². The molecule has 0 aliphatic rings. The number of benzene rings is 1. The van der Waals surface area contributed by atoms with E-state index in [0.29, 0.717) is 17.3 Å². The smallest absolute Gasteiger partial charge is 0.259 e. The first-order valence-electron chi connectivity index (χ1n) is 9.01. The van der Waals surface area contributed by atoms with E-state index in [4.69, 9.17) is 4.74 Å². The number of thiazole rings is 1. The second-order valence-electron chi connectivity index (χ2n) is 6.37. The molecule has 1 amide bonds. The molecule has 7 heteroatoms. The number of ether oxygens (including phenoxy) is 1. The first-order chi connectivity index (χ1) is 13.6. The minimum Gasteiger partial charge on any atom is -0.494 e. The van der Waals surface area contributed by atoms with Gasteiger partial charge in [-0.2, -0.15) is 0 Å². The van der Waals surface area contributed by atoms with Gasteiger partial charge in [0.2, 0.25) is 0 Å². The lowest BCUT2D eigenvalue weighted by molar-refractivity contribution is 0.102. The largest absolute Gasteiger partial charge is 0.494 e. The molecule has 4 rings (SSSR count). The molecular weight excluding hydrogens is 372 g/mol. The third-order valence-corrected chi connectivity index (χ3v) is 5.40. The van der Waals surface area contributed by atoms with Crippen LogP contribution >= 0.6 is 11.3 Å². The quantitative estimate of drug-likeness (QED) is 0.532. The Morgan fingerprint density at radius 1 is 1.25 bits per heavy atom. The second-order valence-corrected chi connectivity index (χ2v) is 7.40. The Labute approximate surface area is 166 Å². The number of hydrogen-bond donors (Lipinski definition) is 1. The molecule has 1 N–H and O–H groups in total. The molecular formula is C21H20N4O2S. The first kappa shape index (κ1) is 18.2. The summed E-state index contributed by atoms with van der Waals surface area (Å²) in [7, 11) is 0. The average Bonchev–Trinajstić information content (AvgIpc) is 3.22. The molecule has 6 nitrogen and oxygen atoms in total. The summed E-state index contributed by atoms with van der Waals surface area (Å²) in [6, 6.07) is 11.5. The number of nitrogens with one attached hydrogen (secondary N) is 1. The highest BCUT2D eigenvalue weighted by Crippen LogP contribution is 2.30. The van der Waals surface area contributed by atoms with Gasteiger partial charge < -0.3 is 9.30 Å². The molecule has 0 aliphatic heterocycles. The van der Waals surface area contributed by atoms with Crippen molar-refractivity contribution in [1.29, 1.82) is 0 Å². The zero-order valence-corrected chi connectivity index (χ0v) is 16.7. The van der Waals surface area contributed by atoms with E-state index >= 15 is 0 Å². The van der Waals surface area contributed by atoms with Crippen LogP contribution in [0.2, 0.25) is 0 Å². The number of aryl methyl sites for hydroxylation is 1. The van der Waals surface area contributed by atoms with Gasteiger partial charge in [0.25, 0.3) is 5.91 Å². The van der Waals surface area contributed by atoms with Gasteiger partial charge in [-0.1, -0.05) is 11.3 Å². The SMILES string of the molecule is CCOc1ccc2nc(NC(=O)c3cc(C)n(-c4cccnc4)c3C)sc2c1. The summed E-state index contributed by atoms with van der Waals surface area (Å²) in [6.07, 6.45) is 3.51. The Morgan fingerprint density at radius 2 is 2.11 bits per heavy atom.